The summed E-state index contributed by atoms with van der Waals surface area (Å²) in [4.78, 5) is 7.39. The van der Waals surface area contributed by atoms with E-state index in [4.69, 9.17) is 10.1 Å². The minimum atomic E-state index is 0.689. The van der Waals surface area contributed by atoms with Gasteiger partial charge in [0.1, 0.15) is 0 Å². The Labute approximate surface area is 431 Å². The second kappa shape index (κ2) is 19.4. The van der Waals surface area contributed by atoms with Crippen LogP contribution in [0.4, 0.5) is 17.1 Å². The first-order valence-corrected chi connectivity index (χ1v) is 25.1. The summed E-state index contributed by atoms with van der Waals surface area (Å²) in [6.45, 7) is 0. The van der Waals surface area contributed by atoms with Crippen molar-refractivity contribution in [3.8, 4) is 84.1 Å². The van der Waals surface area contributed by atoms with E-state index in [1.54, 1.807) is 0 Å². The van der Waals surface area contributed by atoms with Crippen molar-refractivity contribution >= 4 is 38.6 Å². The van der Waals surface area contributed by atoms with Gasteiger partial charge in [0.25, 0.3) is 0 Å². The molecule has 0 N–H and O–H groups in total. The van der Waals surface area contributed by atoms with Gasteiger partial charge in [-0.3, -0.25) is 0 Å². The van der Waals surface area contributed by atoms with Gasteiger partial charge in [0, 0.05) is 28.2 Å². The highest BCUT2D eigenvalue weighted by Crippen LogP contribution is 2.42. The zero-order valence-corrected chi connectivity index (χ0v) is 40.5. The maximum atomic E-state index is 5.04. The molecule has 0 aliphatic carbocycles. The Morgan fingerprint density at radius 3 is 1.09 bits per heavy atom. The molecular formula is C70H48N4. The van der Waals surface area contributed by atoms with Crippen LogP contribution < -0.4 is 4.90 Å². The lowest BCUT2D eigenvalue weighted by molar-refractivity contribution is 0.891. The Morgan fingerprint density at radius 1 is 0.257 bits per heavy atom. The van der Waals surface area contributed by atoms with E-state index in [1.807, 2.05) is 41.1 Å². The van der Waals surface area contributed by atoms with Gasteiger partial charge in [-0.25, -0.2) is 9.67 Å². The van der Waals surface area contributed by atoms with Crippen LogP contribution in [0, 0.1) is 0 Å². The summed E-state index contributed by atoms with van der Waals surface area (Å²) in [6.07, 6.45) is 0. The highest BCUT2D eigenvalue weighted by Gasteiger charge is 2.19. The quantitative estimate of drug-likeness (QED) is 0.130. The number of rotatable bonds is 11. The summed E-state index contributed by atoms with van der Waals surface area (Å²) in [7, 11) is 0. The fraction of sp³-hybridized carbons (Fsp3) is 0. The molecule has 0 fully saturated rings. The Bertz CT molecular complexity index is 3960. The van der Waals surface area contributed by atoms with Crippen molar-refractivity contribution in [1.29, 1.82) is 0 Å². The normalized spacial score (nSPS) is 11.2. The van der Waals surface area contributed by atoms with Gasteiger partial charge >= 0.3 is 0 Å². The highest BCUT2D eigenvalue weighted by atomic mass is 15.4. The Morgan fingerprint density at radius 2 is 0.622 bits per heavy atom. The second-order valence-electron chi connectivity index (χ2n) is 18.6. The van der Waals surface area contributed by atoms with Crippen LogP contribution in [-0.2, 0) is 0 Å². The molecule has 1 aromatic heterocycles. The van der Waals surface area contributed by atoms with Crippen LogP contribution in [-0.4, -0.2) is 14.8 Å². The van der Waals surface area contributed by atoms with Crippen molar-refractivity contribution in [2.24, 2.45) is 0 Å². The van der Waals surface area contributed by atoms with Crippen molar-refractivity contribution in [3.05, 3.63) is 291 Å². The molecule has 348 valence electrons. The molecule has 4 heteroatoms. The first-order valence-electron chi connectivity index (χ1n) is 25.1. The van der Waals surface area contributed by atoms with E-state index in [1.165, 1.54) is 49.4 Å². The molecule has 12 aromatic carbocycles. The molecule has 0 unspecified atom stereocenters. The smallest absolute Gasteiger partial charge is 0.182 e. The Balaban J connectivity index is 0.834. The van der Waals surface area contributed by atoms with Crippen LogP contribution >= 0.6 is 0 Å². The van der Waals surface area contributed by atoms with Crippen molar-refractivity contribution in [3.63, 3.8) is 0 Å². The second-order valence-corrected chi connectivity index (χ2v) is 18.6. The number of benzene rings is 12. The van der Waals surface area contributed by atoms with Gasteiger partial charge < -0.3 is 4.90 Å². The third kappa shape index (κ3) is 8.61. The molecule has 0 saturated heterocycles. The SMILES string of the molecule is c1ccc(-c2nc(-c3ccccc3)n(-c3ccc(-c4ccccc4-c4ccccc4-c4ccc(N(c5ccc(-c6ccc7ccccc7c6)cc5)c5ccc(-c6ccc7ccccc7c6)cc5)cc4)cc3)n2)cc1. The number of nitrogens with zero attached hydrogens (tertiary/aromatic N) is 4. The number of hydrogen-bond donors (Lipinski definition) is 0. The van der Waals surface area contributed by atoms with Crippen molar-refractivity contribution in [2.75, 3.05) is 4.90 Å². The van der Waals surface area contributed by atoms with E-state index < -0.39 is 0 Å². The van der Waals surface area contributed by atoms with Crippen LogP contribution in [0.1, 0.15) is 0 Å². The number of anilines is 3. The summed E-state index contributed by atoms with van der Waals surface area (Å²) in [5, 5.41) is 10.00. The summed E-state index contributed by atoms with van der Waals surface area (Å²) < 4.78 is 1.95. The van der Waals surface area contributed by atoms with Gasteiger partial charge in [-0.1, -0.05) is 231 Å². The summed E-state index contributed by atoms with van der Waals surface area (Å²) in [6, 6.07) is 104. The number of hydrogen-bond acceptors (Lipinski definition) is 3. The standard InChI is InChI=1S/C70H48N4/c1-3-17-55(18-4-1)69-71-70(56-19-5-2-6-20-56)74(72-69)64-45-37-54(38-46-64)66-24-12-14-26-68(66)67-25-13-11-23-65(67)53-35-43-63(44-36-53)73(61-39-31-51(32-40-61)59-29-27-49-15-7-9-21-57(49)47-59)62-41-33-52(34-42-62)60-30-28-50-16-8-10-22-58(50)48-60/h1-48H. The molecule has 0 aliphatic heterocycles. The van der Waals surface area contributed by atoms with E-state index in [2.05, 4.69) is 260 Å². The van der Waals surface area contributed by atoms with Crippen molar-refractivity contribution in [1.82, 2.24) is 14.8 Å². The Hall–Kier alpha value is -9.90. The fourth-order valence-corrected chi connectivity index (χ4v) is 10.3. The minimum Gasteiger partial charge on any atom is -0.311 e. The van der Waals surface area contributed by atoms with E-state index in [-0.39, 0.29) is 0 Å². The van der Waals surface area contributed by atoms with Crippen LogP contribution in [0.15, 0.2) is 291 Å². The Kier molecular flexibility index (Phi) is 11.5. The molecule has 0 bridgehead atoms. The van der Waals surface area contributed by atoms with Gasteiger partial charge in [0.15, 0.2) is 11.6 Å². The van der Waals surface area contributed by atoms with E-state index >= 15 is 0 Å². The van der Waals surface area contributed by atoms with Gasteiger partial charge in [-0.15, -0.1) is 5.10 Å². The van der Waals surface area contributed by atoms with Gasteiger partial charge in [0.2, 0.25) is 0 Å². The predicted molar refractivity (Wildman–Crippen MR) is 309 cm³/mol. The van der Waals surface area contributed by atoms with E-state index in [9.17, 15) is 0 Å². The lowest BCUT2D eigenvalue weighted by Crippen LogP contribution is -2.09. The average Bonchev–Trinajstić information content (AvgIpc) is 3.94. The predicted octanol–water partition coefficient (Wildman–Crippen LogP) is 18.7. The number of fused-ring (bicyclic) bond motifs is 2. The molecule has 13 aromatic rings. The monoisotopic (exact) mass is 944 g/mol. The van der Waals surface area contributed by atoms with Gasteiger partial charge in [-0.2, -0.15) is 0 Å². The lowest BCUT2D eigenvalue weighted by atomic mass is 9.89. The summed E-state index contributed by atoms with van der Waals surface area (Å²) >= 11 is 0. The first kappa shape index (κ1) is 44.1. The molecule has 1 heterocycles. The first-order chi connectivity index (χ1) is 36.7. The molecule has 74 heavy (non-hydrogen) atoms. The topological polar surface area (TPSA) is 34.0 Å². The minimum absolute atomic E-state index is 0.689. The van der Waals surface area contributed by atoms with E-state index in [0.717, 1.165) is 67.5 Å². The molecular weight excluding hydrogens is 897 g/mol. The van der Waals surface area contributed by atoms with Crippen LogP contribution in [0.25, 0.3) is 106 Å². The largest absolute Gasteiger partial charge is 0.311 e. The molecule has 0 spiro atoms. The lowest BCUT2D eigenvalue weighted by Gasteiger charge is -2.26. The average molecular weight is 945 g/mol. The van der Waals surface area contributed by atoms with Crippen LogP contribution in [0.5, 0.6) is 0 Å². The van der Waals surface area contributed by atoms with E-state index in [0.29, 0.717) is 5.82 Å². The summed E-state index contributed by atoms with van der Waals surface area (Å²) in [5.74, 6) is 1.49. The van der Waals surface area contributed by atoms with Crippen LogP contribution in [0.3, 0.4) is 0 Å². The molecule has 0 radical (unpaired) electrons. The molecule has 4 nitrogen and oxygen atoms in total. The fourth-order valence-electron chi connectivity index (χ4n) is 10.3. The third-order valence-corrected chi connectivity index (χ3v) is 14.1. The highest BCUT2D eigenvalue weighted by molar-refractivity contribution is 5.93. The van der Waals surface area contributed by atoms with Gasteiger partial charge in [-0.05, 0) is 138 Å². The maximum absolute atomic E-state index is 5.04. The zero-order valence-electron chi connectivity index (χ0n) is 40.5. The van der Waals surface area contributed by atoms with Crippen LogP contribution in [0.2, 0.25) is 0 Å². The molecule has 0 aliphatic rings. The molecule has 0 atom stereocenters. The summed E-state index contributed by atoms with van der Waals surface area (Å²) in [5.41, 5.74) is 17.8. The van der Waals surface area contributed by atoms with Crippen molar-refractivity contribution < 1.29 is 0 Å². The third-order valence-electron chi connectivity index (χ3n) is 14.1. The molecule has 13 rings (SSSR count). The zero-order chi connectivity index (χ0) is 49.2. The van der Waals surface area contributed by atoms with Crippen molar-refractivity contribution in [2.45, 2.75) is 0 Å². The maximum Gasteiger partial charge on any atom is 0.182 e. The molecule has 0 amide bonds. The number of aromatic nitrogens is 3. The molecule has 0 saturated carbocycles. The van der Waals surface area contributed by atoms with Gasteiger partial charge in [0.05, 0.1) is 5.69 Å².